The first kappa shape index (κ1) is 12.2. The SMILES string of the molecule is CCC(Nc1nc2ccc(F)cc2[nH]1)c1cccs1. The third kappa shape index (κ3) is 2.46. The van der Waals surface area contributed by atoms with Crippen LogP contribution in [0.4, 0.5) is 10.3 Å². The first-order chi connectivity index (χ1) is 9.26. The number of halogens is 1. The molecule has 0 bridgehead atoms. The van der Waals surface area contributed by atoms with Gasteiger partial charge in [-0.05, 0) is 36.1 Å². The molecule has 1 atom stereocenters. The normalized spacial score (nSPS) is 12.7. The van der Waals surface area contributed by atoms with Crippen molar-refractivity contribution in [3.63, 3.8) is 0 Å². The van der Waals surface area contributed by atoms with Crippen molar-refractivity contribution in [2.75, 3.05) is 5.32 Å². The lowest BCUT2D eigenvalue weighted by Gasteiger charge is -2.14. The van der Waals surface area contributed by atoms with Crippen molar-refractivity contribution >= 4 is 28.3 Å². The van der Waals surface area contributed by atoms with E-state index in [0.29, 0.717) is 11.5 Å². The van der Waals surface area contributed by atoms with Crippen LogP contribution in [-0.2, 0) is 0 Å². The number of thiophene rings is 1. The van der Waals surface area contributed by atoms with Gasteiger partial charge in [-0.1, -0.05) is 13.0 Å². The van der Waals surface area contributed by atoms with E-state index >= 15 is 0 Å². The molecule has 0 amide bonds. The Balaban J connectivity index is 1.88. The fourth-order valence-electron chi connectivity index (χ4n) is 2.08. The van der Waals surface area contributed by atoms with E-state index in [0.717, 1.165) is 11.9 Å². The molecule has 0 radical (unpaired) electrons. The van der Waals surface area contributed by atoms with E-state index in [1.807, 2.05) is 6.07 Å². The summed E-state index contributed by atoms with van der Waals surface area (Å²) in [5.41, 5.74) is 1.48. The predicted molar refractivity (Wildman–Crippen MR) is 77.0 cm³/mol. The Bertz CT molecular complexity index is 675. The van der Waals surface area contributed by atoms with Crippen molar-refractivity contribution < 1.29 is 4.39 Å². The van der Waals surface area contributed by atoms with Crippen LogP contribution in [0.15, 0.2) is 35.7 Å². The highest BCUT2D eigenvalue weighted by Gasteiger charge is 2.12. The molecule has 5 heteroatoms. The molecule has 0 spiro atoms. The van der Waals surface area contributed by atoms with Crippen molar-refractivity contribution in [2.24, 2.45) is 0 Å². The molecular weight excluding hydrogens is 261 g/mol. The number of hydrogen-bond acceptors (Lipinski definition) is 3. The summed E-state index contributed by atoms with van der Waals surface area (Å²) in [5, 5.41) is 5.42. The molecule has 1 aromatic carbocycles. The van der Waals surface area contributed by atoms with Gasteiger partial charge in [-0.2, -0.15) is 0 Å². The minimum atomic E-state index is -0.256. The molecule has 0 fully saturated rings. The van der Waals surface area contributed by atoms with E-state index in [2.05, 4.69) is 33.7 Å². The number of imidazole rings is 1. The van der Waals surface area contributed by atoms with Gasteiger partial charge in [0.15, 0.2) is 0 Å². The molecule has 0 aliphatic rings. The molecule has 2 heterocycles. The molecule has 98 valence electrons. The summed E-state index contributed by atoms with van der Waals surface area (Å²) in [5.74, 6) is 0.425. The van der Waals surface area contributed by atoms with Gasteiger partial charge < -0.3 is 10.3 Å². The largest absolute Gasteiger partial charge is 0.348 e. The molecule has 2 aromatic heterocycles. The predicted octanol–water partition coefficient (Wildman–Crippen LogP) is 4.33. The van der Waals surface area contributed by atoms with Crippen molar-refractivity contribution in [2.45, 2.75) is 19.4 Å². The fraction of sp³-hybridized carbons (Fsp3) is 0.214. The maximum absolute atomic E-state index is 13.1. The van der Waals surface area contributed by atoms with Gasteiger partial charge in [0.1, 0.15) is 5.82 Å². The zero-order chi connectivity index (χ0) is 13.2. The van der Waals surface area contributed by atoms with Crippen molar-refractivity contribution in [1.82, 2.24) is 9.97 Å². The maximum atomic E-state index is 13.1. The Hall–Kier alpha value is -1.88. The number of hydrogen-bond donors (Lipinski definition) is 2. The summed E-state index contributed by atoms with van der Waals surface area (Å²) < 4.78 is 13.1. The van der Waals surface area contributed by atoms with Crippen molar-refractivity contribution in [3.05, 3.63) is 46.4 Å². The monoisotopic (exact) mass is 275 g/mol. The van der Waals surface area contributed by atoms with E-state index in [9.17, 15) is 4.39 Å². The van der Waals surface area contributed by atoms with Gasteiger partial charge >= 0.3 is 0 Å². The van der Waals surface area contributed by atoms with Crippen LogP contribution >= 0.6 is 11.3 Å². The standard InChI is InChI=1S/C14H14FN3S/c1-2-10(13-4-3-7-19-13)16-14-17-11-6-5-9(15)8-12(11)18-14/h3-8,10H,2H2,1H3,(H2,16,17,18). The van der Waals surface area contributed by atoms with Gasteiger partial charge in [-0.25, -0.2) is 9.37 Å². The molecular formula is C14H14FN3S. The second kappa shape index (κ2) is 5.01. The molecule has 0 saturated carbocycles. The Morgan fingerprint density at radius 3 is 3.05 bits per heavy atom. The zero-order valence-corrected chi connectivity index (χ0v) is 11.3. The summed E-state index contributed by atoms with van der Waals surface area (Å²) in [7, 11) is 0. The number of rotatable bonds is 4. The maximum Gasteiger partial charge on any atom is 0.201 e. The van der Waals surface area contributed by atoms with Crippen molar-refractivity contribution in [3.8, 4) is 0 Å². The fourth-order valence-corrected chi connectivity index (χ4v) is 2.94. The first-order valence-electron chi connectivity index (χ1n) is 6.21. The molecule has 1 unspecified atom stereocenters. The number of H-pyrrole nitrogens is 1. The van der Waals surface area contributed by atoms with Gasteiger partial charge in [0.25, 0.3) is 0 Å². The van der Waals surface area contributed by atoms with Gasteiger partial charge in [0, 0.05) is 4.88 Å². The average molecular weight is 275 g/mol. The van der Waals surface area contributed by atoms with Crippen LogP contribution < -0.4 is 5.32 Å². The lowest BCUT2D eigenvalue weighted by molar-refractivity contribution is 0.629. The zero-order valence-electron chi connectivity index (χ0n) is 10.5. The molecule has 3 aromatic rings. The number of nitrogens with zero attached hydrogens (tertiary/aromatic N) is 1. The molecule has 3 rings (SSSR count). The Labute approximate surface area is 114 Å². The van der Waals surface area contributed by atoms with E-state index in [4.69, 9.17) is 0 Å². The van der Waals surface area contributed by atoms with Crippen LogP contribution in [0.1, 0.15) is 24.3 Å². The summed E-state index contributed by atoms with van der Waals surface area (Å²) in [6, 6.07) is 8.93. The Morgan fingerprint density at radius 1 is 1.42 bits per heavy atom. The highest BCUT2D eigenvalue weighted by molar-refractivity contribution is 7.10. The van der Waals surface area contributed by atoms with Crippen LogP contribution in [0.2, 0.25) is 0 Å². The van der Waals surface area contributed by atoms with Crippen LogP contribution in [0.3, 0.4) is 0 Å². The van der Waals surface area contributed by atoms with Crippen LogP contribution in [0.25, 0.3) is 11.0 Å². The van der Waals surface area contributed by atoms with Crippen molar-refractivity contribution in [1.29, 1.82) is 0 Å². The number of nitrogens with one attached hydrogen (secondary N) is 2. The summed E-state index contributed by atoms with van der Waals surface area (Å²) >= 11 is 1.72. The molecule has 2 N–H and O–H groups in total. The van der Waals surface area contributed by atoms with Gasteiger partial charge in [-0.3, -0.25) is 0 Å². The summed E-state index contributed by atoms with van der Waals surface area (Å²) in [6.45, 7) is 2.12. The quantitative estimate of drug-likeness (QED) is 0.744. The molecule has 0 saturated heterocycles. The Kier molecular flexibility index (Phi) is 3.21. The molecule has 3 nitrogen and oxygen atoms in total. The van der Waals surface area contributed by atoms with E-state index in [1.54, 1.807) is 17.4 Å². The topological polar surface area (TPSA) is 40.7 Å². The van der Waals surface area contributed by atoms with E-state index in [1.165, 1.54) is 17.0 Å². The van der Waals surface area contributed by atoms with Crippen LogP contribution in [0, 0.1) is 5.82 Å². The third-order valence-electron chi connectivity index (χ3n) is 3.05. The highest BCUT2D eigenvalue weighted by Crippen LogP contribution is 2.26. The molecule has 0 aliphatic heterocycles. The lowest BCUT2D eigenvalue weighted by atomic mass is 10.2. The summed E-state index contributed by atoms with van der Waals surface area (Å²) in [4.78, 5) is 8.80. The highest BCUT2D eigenvalue weighted by atomic mass is 32.1. The van der Waals surface area contributed by atoms with Crippen LogP contribution in [-0.4, -0.2) is 9.97 Å². The Morgan fingerprint density at radius 2 is 2.32 bits per heavy atom. The third-order valence-corrected chi connectivity index (χ3v) is 4.04. The number of fused-ring (bicyclic) bond motifs is 1. The molecule has 0 aliphatic carbocycles. The second-order valence-electron chi connectivity index (χ2n) is 4.37. The smallest absolute Gasteiger partial charge is 0.201 e. The van der Waals surface area contributed by atoms with Gasteiger partial charge in [0.2, 0.25) is 5.95 Å². The van der Waals surface area contributed by atoms with Crippen LogP contribution in [0.5, 0.6) is 0 Å². The van der Waals surface area contributed by atoms with E-state index in [-0.39, 0.29) is 11.9 Å². The minimum absolute atomic E-state index is 0.227. The lowest BCUT2D eigenvalue weighted by Crippen LogP contribution is -2.09. The average Bonchev–Trinajstić information content (AvgIpc) is 3.04. The number of anilines is 1. The van der Waals surface area contributed by atoms with Gasteiger partial charge in [0.05, 0.1) is 17.1 Å². The summed E-state index contributed by atoms with van der Waals surface area (Å²) in [6.07, 6.45) is 0.964. The number of aromatic nitrogens is 2. The van der Waals surface area contributed by atoms with Gasteiger partial charge in [-0.15, -0.1) is 11.3 Å². The first-order valence-corrected chi connectivity index (χ1v) is 7.09. The number of benzene rings is 1. The van der Waals surface area contributed by atoms with E-state index < -0.39 is 0 Å². The molecule has 19 heavy (non-hydrogen) atoms. The second-order valence-corrected chi connectivity index (χ2v) is 5.35. The number of aromatic amines is 1. The minimum Gasteiger partial charge on any atom is -0.348 e.